The van der Waals surface area contributed by atoms with Crippen LogP contribution in [0.25, 0.3) is 6.08 Å². The zero-order valence-electron chi connectivity index (χ0n) is 16.5. The number of amides is 1. The Kier molecular flexibility index (Phi) is 5.29. The van der Waals surface area contributed by atoms with Crippen LogP contribution in [0.1, 0.15) is 18.4 Å². The van der Waals surface area contributed by atoms with Crippen molar-refractivity contribution in [2.24, 2.45) is 0 Å². The number of anilines is 2. The van der Waals surface area contributed by atoms with E-state index in [9.17, 15) is 4.79 Å². The molecule has 0 atom stereocenters. The van der Waals surface area contributed by atoms with Gasteiger partial charge in [0.15, 0.2) is 0 Å². The fourth-order valence-corrected chi connectivity index (χ4v) is 5.15. The standard InChI is InChI=1S/C23H26N4OS/c28-23-22(29-15-14-27(23)20-5-3-9-24-17-20)16-18-4-1-2-6-21(18)26-12-10-25(11-13-26)19-7-8-19/h1-6,9,16-17,19H,7-8,10-15H2/b22-16-. The Hall–Kier alpha value is -2.31. The van der Waals surface area contributed by atoms with Crippen molar-refractivity contribution in [1.82, 2.24) is 9.88 Å². The van der Waals surface area contributed by atoms with Crippen molar-refractivity contribution in [3.63, 3.8) is 0 Å². The van der Waals surface area contributed by atoms with Gasteiger partial charge in [0.25, 0.3) is 5.91 Å². The Bertz CT molecular complexity index is 904. The first-order chi connectivity index (χ1) is 14.3. The topological polar surface area (TPSA) is 39.7 Å². The van der Waals surface area contributed by atoms with Crippen LogP contribution in [-0.4, -0.2) is 60.3 Å². The molecule has 29 heavy (non-hydrogen) atoms. The Morgan fingerprint density at radius 3 is 2.59 bits per heavy atom. The molecule has 0 bridgehead atoms. The van der Waals surface area contributed by atoms with E-state index in [2.05, 4.69) is 45.1 Å². The maximum atomic E-state index is 13.1. The van der Waals surface area contributed by atoms with Gasteiger partial charge in [-0.15, -0.1) is 11.8 Å². The number of benzene rings is 1. The SMILES string of the molecule is O=C1/C(=C/c2ccccc2N2CCN(C3CC3)CC2)SCCN1c1cccnc1. The average molecular weight is 407 g/mol. The number of hydrogen-bond donors (Lipinski definition) is 0. The fraction of sp³-hybridized carbons (Fsp3) is 0.391. The summed E-state index contributed by atoms with van der Waals surface area (Å²) in [6, 6.07) is 13.2. The molecule has 5 nitrogen and oxygen atoms in total. The molecule has 150 valence electrons. The van der Waals surface area contributed by atoms with Crippen LogP contribution in [0.2, 0.25) is 0 Å². The zero-order chi connectivity index (χ0) is 19.6. The van der Waals surface area contributed by atoms with Crippen LogP contribution < -0.4 is 9.80 Å². The monoisotopic (exact) mass is 406 g/mol. The second-order valence-corrected chi connectivity index (χ2v) is 8.97. The van der Waals surface area contributed by atoms with E-state index in [0.717, 1.165) is 60.7 Å². The predicted octanol–water partition coefficient (Wildman–Crippen LogP) is 3.49. The molecular formula is C23H26N4OS. The summed E-state index contributed by atoms with van der Waals surface area (Å²) in [5.41, 5.74) is 3.24. The Labute approximate surface area is 176 Å². The third-order valence-electron chi connectivity index (χ3n) is 5.93. The van der Waals surface area contributed by atoms with Crippen molar-refractivity contribution in [3.05, 3.63) is 59.3 Å². The smallest absolute Gasteiger partial charge is 0.264 e. The molecule has 1 aromatic carbocycles. The highest BCUT2D eigenvalue weighted by molar-refractivity contribution is 8.04. The summed E-state index contributed by atoms with van der Waals surface area (Å²) in [6.45, 7) is 5.10. The summed E-state index contributed by atoms with van der Waals surface area (Å²) in [4.78, 5) is 25.1. The van der Waals surface area contributed by atoms with E-state index < -0.39 is 0 Å². The van der Waals surface area contributed by atoms with E-state index in [4.69, 9.17) is 0 Å². The number of para-hydroxylation sites is 1. The molecule has 2 saturated heterocycles. The van der Waals surface area contributed by atoms with E-state index in [0.29, 0.717) is 0 Å². The molecule has 2 aromatic rings. The molecule has 0 radical (unpaired) electrons. The van der Waals surface area contributed by atoms with Crippen molar-refractivity contribution in [3.8, 4) is 0 Å². The second kappa shape index (κ2) is 8.20. The number of carbonyl (C=O) groups is 1. The minimum Gasteiger partial charge on any atom is -0.368 e. The number of nitrogens with zero attached hydrogens (tertiary/aromatic N) is 4. The van der Waals surface area contributed by atoms with Gasteiger partial charge in [-0.3, -0.25) is 14.7 Å². The largest absolute Gasteiger partial charge is 0.368 e. The number of pyridine rings is 1. The van der Waals surface area contributed by atoms with E-state index >= 15 is 0 Å². The van der Waals surface area contributed by atoms with Crippen molar-refractivity contribution < 1.29 is 4.79 Å². The number of hydrogen-bond acceptors (Lipinski definition) is 5. The summed E-state index contributed by atoms with van der Waals surface area (Å²) in [6.07, 6.45) is 8.32. The summed E-state index contributed by atoms with van der Waals surface area (Å²) in [5.74, 6) is 0.969. The number of thioether (sulfide) groups is 1. The van der Waals surface area contributed by atoms with Gasteiger partial charge in [0.05, 0.1) is 16.8 Å². The molecular weight excluding hydrogens is 380 g/mol. The first-order valence-corrected chi connectivity index (χ1v) is 11.4. The van der Waals surface area contributed by atoms with Crippen molar-refractivity contribution in [1.29, 1.82) is 0 Å². The van der Waals surface area contributed by atoms with E-state index in [1.54, 1.807) is 24.2 Å². The maximum absolute atomic E-state index is 13.1. The lowest BCUT2D eigenvalue weighted by Gasteiger charge is -2.37. The molecule has 5 rings (SSSR count). The quantitative estimate of drug-likeness (QED) is 0.727. The van der Waals surface area contributed by atoms with Gasteiger partial charge in [-0.1, -0.05) is 18.2 Å². The third-order valence-corrected chi connectivity index (χ3v) is 6.92. The van der Waals surface area contributed by atoms with Crippen LogP contribution in [0, 0.1) is 0 Å². The summed E-state index contributed by atoms with van der Waals surface area (Å²) in [5, 5.41) is 0. The lowest BCUT2D eigenvalue weighted by molar-refractivity contribution is -0.114. The molecule has 1 aromatic heterocycles. The highest BCUT2D eigenvalue weighted by atomic mass is 32.2. The Morgan fingerprint density at radius 1 is 1.00 bits per heavy atom. The highest BCUT2D eigenvalue weighted by Crippen LogP contribution is 2.33. The number of carbonyl (C=O) groups excluding carboxylic acids is 1. The van der Waals surface area contributed by atoms with Crippen LogP contribution in [0.4, 0.5) is 11.4 Å². The van der Waals surface area contributed by atoms with Crippen LogP contribution in [-0.2, 0) is 4.79 Å². The lowest BCUT2D eigenvalue weighted by atomic mass is 10.1. The molecule has 0 N–H and O–H groups in total. The average Bonchev–Trinajstić information content (AvgIpc) is 3.62. The van der Waals surface area contributed by atoms with Crippen LogP contribution in [0.3, 0.4) is 0 Å². The van der Waals surface area contributed by atoms with Gasteiger partial charge in [-0.25, -0.2) is 0 Å². The van der Waals surface area contributed by atoms with Crippen molar-refractivity contribution in [2.75, 3.05) is 48.3 Å². The van der Waals surface area contributed by atoms with Gasteiger partial charge in [-0.2, -0.15) is 0 Å². The van der Waals surface area contributed by atoms with Gasteiger partial charge in [-0.05, 0) is 42.7 Å². The first kappa shape index (κ1) is 18.7. The molecule has 1 saturated carbocycles. The molecule has 3 fully saturated rings. The molecule has 3 heterocycles. The molecule has 0 unspecified atom stereocenters. The highest BCUT2D eigenvalue weighted by Gasteiger charge is 2.31. The summed E-state index contributed by atoms with van der Waals surface area (Å²) in [7, 11) is 0. The van der Waals surface area contributed by atoms with E-state index in [1.165, 1.54) is 18.5 Å². The molecule has 1 aliphatic carbocycles. The van der Waals surface area contributed by atoms with Gasteiger partial charge < -0.3 is 9.80 Å². The summed E-state index contributed by atoms with van der Waals surface area (Å²) >= 11 is 1.66. The second-order valence-electron chi connectivity index (χ2n) is 7.84. The number of piperazine rings is 1. The first-order valence-electron chi connectivity index (χ1n) is 10.4. The number of rotatable bonds is 4. The zero-order valence-corrected chi connectivity index (χ0v) is 17.4. The van der Waals surface area contributed by atoms with Gasteiger partial charge in [0, 0.05) is 56.4 Å². The van der Waals surface area contributed by atoms with Crippen LogP contribution in [0.5, 0.6) is 0 Å². The maximum Gasteiger partial charge on any atom is 0.264 e. The normalized spacial score (nSPS) is 22.3. The van der Waals surface area contributed by atoms with E-state index in [1.807, 2.05) is 17.0 Å². The van der Waals surface area contributed by atoms with Crippen molar-refractivity contribution >= 4 is 35.1 Å². The van der Waals surface area contributed by atoms with E-state index in [-0.39, 0.29) is 5.91 Å². The third kappa shape index (κ3) is 4.05. The lowest BCUT2D eigenvalue weighted by Crippen LogP contribution is -2.47. The van der Waals surface area contributed by atoms with Gasteiger partial charge >= 0.3 is 0 Å². The minimum absolute atomic E-state index is 0.0719. The van der Waals surface area contributed by atoms with Crippen LogP contribution >= 0.6 is 11.8 Å². The predicted molar refractivity (Wildman–Crippen MR) is 120 cm³/mol. The molecule has 3 aliphatic rings. The molecule has 2 aliphatic heterocycles. The molecule has 0 spiro atoms. The molecule has 1 amide bonds. The summed E-state index contributed by atoms with van der Waals surface area (Å²) < 4.78 is 0. The van der Waals surface area contributed by atoms with Gasteiger partial charge in [0.1, 0.15) is 0 Å². The minimum atomic E-state index is 0.0719. The number of aromatic nitrogens is 1. The van der Waals surface area contributed by atoms with Gasteiger partial charge in [0.2, 0.25) is 0 Å². The van der Waals surface area contributed by atoms with Crippen molar-refractivity contribution in [2.45, 2.75) is 18.9 Å². The molecule has 6 heteroatoms. The Balaban J connectivity index is 1.37. The Morgan fingerprint density at radius 2 is 1.83 bits per heavy atom. The van der Waals surface area contributed by atoms with Crippen LogP contribution in [0.15, 0.2) is 53.7 Å². The fourth-order valence-electron chi connectivity index (χ4n) is 4.21.